The summed E-state index contributed by atoms with van der Waals surface area (Å²) in [4.78, 5) is 37.4. The summed E-state index contributed by atoms with van der Waals surface area (Å²) < 4.78 is 4.93. The molecule has 0 fully saturated rings. The highest BCUT2D eigenvalue weighted by atomic mass is 32.1. The molecule has 0 saturated carbocycles. The van der Waals surface area contributed by atoms with Gasteiger partial charge in [-0.2, -0.15) is 0 Å². The lowest BCUT2D eigenvalue weighted by Gasteiger charge is -2.07. The van der Waals surface area contributed by atoms with Gasteiger partial charge in [0, 0.05) is 10.4 Å². The highest BCUT2D eigenvalue weighted by Crippen LogP contribution is 2.19. The van der Waals surface area contributed by atoms with Crippen LogP contribution in [0.1, 0.15) is 24.9 Å². The molecular weight excluding hydrogens is 374 g/mol. The van der Waals surface area contributed by atoms with Crippen LogP contribution < -0.4 is 5.32 Å². The Kier molecular flexibility index (Phi) is 6.34. The number of carbonyl (C=O) groups is 3. The number of Topliss-reactive ketones (excluding diaryl/α,β-unsaturated/α-hetero) is 1. The number of nitrogens with one attached hydrogen (secondary N) is 1. The number of ketones is 1. The van der Waals surface area contributed by atoms with Crippen LogP contribution in [0.2, 0.25) is 0 Å². The predicted molar refractivity (Wildman–Crippen MR) is 109 cm³/mol. The largest absolute Gasteiger partial charge is 0.456 e. The number of aryl methyl sites for hydroxylation is 1. The van der Waals surface area contributed by atoms with Crippen LogP contribution in [0, 0.1) is 6.92 Å². The van der Waals surface area contributed by atoms with Crippen molar-refractivity contribution in [1.82, 2.24) is 5.32 Å². The summed E-state index contributed by atoms with van der Waals surface area (Å²) in [6, 6.07) is 20.5. The Labute approximate surface area is 167 Å². The number of benzene rings is 2. The zero-order chi connectivity index (χ0) is 19.9. The fourth-order valence-corrected chi connectivity index (χ4v) is 3.34. The van der Waals surface area contributed by atoms with Crippen molar-refractivity contribution in [2.75, 3.05) is 13.2 Å². The van der Waals surface area contributed by atoms with Crippen LogP contribution in [0.25, 0.3) is 11.1 Å². The Morgan fingerprint density at radius 1 is 0.893 bits per heavy atom. The Balaban J connectivity index is 1.47. The molecule has 0 radical (unpaired) electrons. The van der Waals surface area contributed by atoms with Crippen molar-refractivity contribution < 1.29 is 19.1 Å². The second kappa shape index (κ2) is 9.10. The zero-order valence-corrected chi connectivity index (χ0v) is 16.1. The van der Waals surface area contributed by atoms with Gasteiger partial charge in [0.1, 0.15) is 6.54 Å². The van der Waals surface area contributed by atoms with Gasteiger partial charge in [-0.25, -0.2) is 0 Å². The van der Waals surface area contributed by atoms with Gasteiger partial charge < -0.3 is 10.1 Å². The second-order valence-electron chi connectivity index (χ2n) is 6.12. The normalized spacial score (nSPS) is 10.3. The number of rotatable bonds is 7. The fraction of sp³-hybridized carbons (Fsp3) is 0.136. The smallest absolute Gasteiger partial charge is 0.325 e. The molecule has 5 nitrogen and oxygen atoms in total. The SMILES string of the molecule is Cc1ccc(C(=O)COC(=O)CNC(=O)c2ccc(-c3ccccc3)cc2)s1. The van der Waals surface area contributed by atoms with Crippen molar-refractivity contribution in [1.29, 1.82) is 0 Å². The van der Waals surface area contributed by atoms with Crippen LogP contribution in [0.15, 0.2) is 66.7 Å². The Bertz CT molecular complexity index is 977. The maximum absolute atomic E-state index is 12.2. The molecule has 0 bridgehead atoms. The third-order valence-corrected chi connectivity index (χ3v) is 5.07. The average Bonchev–Trinajstić information content (AvgIpc) is 3.17. The van der Waals surface area contributed by atoms with E-state index in [2.05, 4.69) is 5.32 Å². The van der Waals surface area contributed by atoms with Gasteiger partial charge in [0.05, 0.1) is 4.88 Å². The molecule has 1 amide bonds. The van der Waals surface area contributed by atoms with Gasteiger partial charge in [-0.1, -0.05) is 42.5 Å². The number of esters is 1. The lowest BCUT2D eigenvalue weighted by atomic mass is 10.0. The molecule has 3 rings (SSSR count). The second-order valence-corrected chi connectivity index (χ2v) is 7.41. The minimum atomic E-state index is -0.657. The summed E-state index contributed by atoms with van der Waals surface area (Å²) in [5, 5.41) is 2.50. The Morgan fingerprint density at radius 3 is 2.21 bits per heavy atom. The number of amides is 1. The highest BCUT2D eigenvalue weighted by Gasteiger charge is 2.13. The van der Waals surface area contributed by atoms with Gasteiger partial charge in [0.2, 0.25) is 5.78 Å². The van der Waals surface area contributed by atoms with Crippen molar-refractivity contribution in [2.45, 2.75) is 6.92 Å². The first-order valence-corrected chi connectivity index (χ1v) is 9.53. The molecule has 28 heavy (non-hydrogen) atoms. The number of ether oxygens (including phenoxy) is 1. The van der Waals surface area contributed by atoms with E-state index in [4.69, 9.17) is 4.74 Å². The van der Waals surface area contributed by atoms with Crippen LogP contribution in [-0.2, 0) is 9.53 Å². The van der Waals surface area contributed by atoms with E-state index in [9.17, 15) is 14.4 Å². The zero-order valence-electron chi connectivity index (χ0n) is 15.3. The summed E-state index contributed by atoms with van der Waals surface area (Å²) in [5.74, 6) is -1.29. The van der Waals surface area contributed by atoms with Crippen molar-refractivity contribution in [3.05, 3.63) is 82.0 Å². The van der Waals surface area contributed by atoms with Crippen molar-refractivity contribution in [2.24, 2.45) is 0 Å². The van der Waals surface area contributed by atoms with E-state index in [1.54, 1.807) is 18.2 Å². The van der Waals surface area contributed by atoms with Crippen molar-refractivity contribution in [3.63, 3.8) is 0 Å². The topological polar surface area (TPSA) is 72.5 Å². The summed E-state index contributed by atoms with van der Waals surface area (Å²) in [7, 11) is 0. The van der Waals surface area contributed by atoms with Crippen molar-refractivity contribution in [3.8, 4) is 11.1 Å². The lowest BCUT2D eigenvalue weighted by Crippen LogP contribution is -2.31. The summed E-state index contributed by atoms with van der Waals surface area (Å²) in [5.41, 5.74) is 2.50. The van der Waals surface area contributed by atoms with Crippen LogP contribution in [0.3, 0.4) is 0 Å². The number of carbonyl (C=O) groups excluding carboxylic acids is 3. The van der Waals surface area contributed by atoms with Crippen LogP contribution >= 0.6 is 11.3 Å². The average molecular weight is 393 g/mol. The minimum Gasteiger partial charge on any atom is -0.456 e. The fourth-order valence-electron chi connectivity index (χ4n) is 2.55. The third-order valence-electron chi connectivity index (χ3n) is 4.03. The van der Waals surface area contributed by atoms with Gasteiger partial charge in [0.25, 0.3) is 5.91 Å². The van der Waals surface area contributed by atoms with E-state index in [-0.39, 0.29) is 24.8 Å². The third kappa shape index (κ3) is 5.14. The number of hydrogen-bond acceptors (Lipinski definition) is 5. The molecule has 3 aromatic rings. The molecule has 2 aromatic carbocycles. The molecule has 142 valence electrons. The summed E-state index contributed by atoms with van der Waals surface area (Å²) >= 11 is 1.35. The van der Waals surface area contributed by atoms with E-state index in [1.165, 1.54) is 11.3 Å². The highest BCUT2D eigenvalue weighted by molar-refractivity contribution is 7.14. The molecule has 0 unspecified atom stereocenters. The lowest BCUT2D eigenvalue weighted by molar-refractivity contribution is -0.141. The maximum atomic E-state index is 12.2. The number of hydrogen-bond donors (Lipinski definition) is 1. The van der Waals surface area contributed by atoms with Crippen LogP contribution in [0.4, 0.5) is 0 Å². The quantitative estimate of drug-likeness (QED) is 0.488. The van der Waals surface area contributed by atoms with E-state index in [0.717, 1.165) is 16.0 Å². The van der Waals surface area contributed by atoms with E-state index >= 15 is 0 Å². The first-order valence-electron chi connectivity index (χ1n) is 8.72. The monoisotopic (exact) mass is 393 g/mol. The van der Waals surface area contributed by atoms with E-state index in [1.807, 2.05) is 55.5 Å². The molecule has 6 heteroatoms. The summed E-state index contributed by atoms with van der Waals surface area (Å²) in [6.07, 6.45) is 0. The summed E-state index contributed by atoms with van der Waals surface area (Å²) in [6.45, 7) is 1.27. The Hall–Kier alpha value is -3.25. The molecule has 0 aliphatic rings. The molecule has 1 heterocycles. The first-order chi connectivity index (χ1) is 13.5. The standard InChI is InChI=1S/C22H19NO4S/c1-15-7-12-20(28-15)19(24)14-27-21(25)13-23-22(26)18-10-8-17(9-11-18)16-5-3-2-4-6-16/h2-12H,13-14H2,1H3,(H,23,26). The number of thiophene rings is 1. The van der Waals surface area contributed by atoms with Gasteiger partial charge in [-0.3, -0.25) is 14.4 Å². The maximum Gasteiger partial charge on any atom is 0.325 e. The minimum absolute atomic E-state index is 0.255. The van der Waals surface area contributed by atoms with Crippen LogP contribution in [-0.4, -0.2) is 30.8 Å². The molecule has 0 atom stereocenters. The van der Waals surface area contributed by atoms with Crippen molar-refractivity contribution >= 4 is 29.0 Å². The van der Waals surface area contributed by atoms with Gasteiger partial charge in [-0.05, 0) is 42.3 Å². The Morgan fingerprint density at radius 2 is 1.57 bits per heavy atom. The molecule has 0 aliphatic carbocycles. The molecule has 0 aliphatic heterocycles. The predicted octanol–water partition coefficient (Wildman–Crippen LogP) is 3.88. The molecule has 0 spiro atoms. The van der Waals surface area contributed by atoms with E-state index < -0.39 is 5.97 Å². The van der Waals surface area contributed by atoms with Gasteiger partial charge >= 0.3 is 5.97 Å². The van der Waals surface area contributed by atoms with E-state index in [0.29, 0.717) is 10.4 Å². The van der Waals surface area contributed by atoms with Gasteiger partial charge in [0.15, 0.2) is 6.61 Å². The molecule has 0 saturated heterocycles. The van der Waals surface area contributed by atoms with Crippen LogP contribution in [0.5, 0.6) is 0 Å². The first kappa shape index (κ1) is 19.5. The molecule has 1 N–H and O–H groups in total. The molecular formula is C22H19NO4S. The molecule has 1 aromatic heterocycles. The van der Waals surface area contributed by atoms with Gasteiger partial charge in [-0.15, -0.1) is 11.3 Å².